The monoisotopic (exact) mass is 553 g/mol. The van der Waals surface area contributed by atoms with Crippen LogP contribution in [0.2, 0.25) is 15.1 Å². The summed E-state index contributed by atoms with van der Waals surface area (Å²) < 4.78 is 21.8. The third-order valence-corrected chi connectivity index (χ3v) is 8.58. The van der Waals surface area contributed by atoms with E-state index in [1.807, 2.05) is 46.9 Å². The van der Waals surface area contributed by atoms with E-state index < -0.39 is 10.6 Å². The summed E-state index contributed by atoms with van der Waals surface area (Å²) in [6.07, 6.45) is 2.15. The molecule has 186 valence electrons. The molecular formula is C24H26Cl3N5O2S. The summed E-state index contributed by atoms with van der Waals surface area (Å²) in [4.78, 5) is 0. The molecule has 35 heavy (non-hydrogen) atoms. The molecule has 1 aliphatic carbocycles. The molecule has 1 saturated carbocycles. The second kappa shape index (κ2) is 9.84. The molecule has 1 aromatic heterocycles. The topological polar surface area (TPSA) is 85.9 Å². The van der Waals surface area contributed by atoms with Gasteiger partial charge in [0.15, 0.2) is 5.84 Å². The Morgan fingerprint density at radius 2 is 1.69 bits per heavy atom. The molecule has 2 aliphatic rings. The lowest BCUT2D eigenvalue weighted by molar-refractivity contribution is 0.298. The normalized spacial score (nSPS) is 19.0. The quantitative estimate of drug-likeness (QED) is 0.255. The molecule has 1 saturated heterocycles. The second-order valence-corrected chi connectivity index (χ2v) is 12.6. The maximum atomic E-state index is 10.0. The van der Waals surface area contributed by atoms with E-state index in [1.54, 1.807) is 12.1 Å². The van der Waals surface area contributed by atoms with Gasteiger partial charge < -0.3 is 5.32 Å². The maximum Gasteiger partial charge on any atom is 0.174 e. The first kappa shape index (κ1) is 24.7. The minimum absolute atomic E-state index is 0.317. The number of nitrogens with one attached hydrogen (secondary N) is 1. The highest BCUT2D eigenvalue weighted by Gasteiger charge is 2.29. The van der Waals surface area contributed by atoms with E-state index in [4.69, 9.17) is 45.0 Å². The van der Waals surface area contributed by atoms with E-state index in [9.17, 15) is 9.11 Å². The van der Waals surface area contributed by atoms with E-state index in [0.717, 1.165) is 29.7 Å². The van der Waals surface area contributed by atoms with Crippen molar-refractivity contribution in [3.05, 3.63) is 68.8 Å². The minimum Gasteiger partial charge on any atom is -0.364 e. The number of nitrogens with zero attached hydrogens (tertiary/aromatic N) is 4. The highest BCUT2D eigenvalue weighted by Crippen LogP contribution is 2.40. The molecule has 5 rings (SSSR count). The number of hydrogen-bond donors (Lipinski definition) is 3. The molecule has 2 fully saturated rings. The lowest BCUT2D eigenvalue weighted by Gasteiger charge is -2.39. The molecule has 0 radical (unpaired) electrons. The first-order valence-corrected chi connectivity index (χ1v) is 14.4. The van der Waals surface area contributed by atoms with Gasteiger partial charge in [-0.25, -0.2) is 4.68 Å². The molecular weight excluding hydrogens is 529 g/mol. The van der Waals surface area contributed by atoms with Gasteiger partial charge in [0.25, 0.3) is 0 Å². The Labute approximate surface area is 221 Å². The van der Waals surface area contributed by atoms with Crippen molar-refractivity contribution in [1.82, 2.24) is 20.1 Å². The van der Waals surface area contributed by atoms with Crippen molar-refractivity contribution in [3.63, 3.8) is 0 Å². The minimum atomic E-state index is -2.51. The average Bonchev–Trinajstić information content (AvgIpc) is 3.56. The Kier molecular flexibility index (Phi) is 6.96. The van der Waals surface area contributed by atoms with Gasteiger partial charge in [-0.3, -0.25) is 14.1 Å². The molecule has 2 aromatic carbocycles. The standard InChI is InChI=1S/C24H26Cl3N5O2S/c1-15-22(24(28-19-7-8-19)30-31-10-12-35(33,34)13-11-31)29-32(21-9-6-18(26)14-20(21)27)23(15)16-2-4-17(25)5-3-16/h2-6,9,14,19,33-34H,7-8,10-13H2,1H3,(H,28,30). The molecule has 3 aromatic rings. The summed E-state index contributed by atoms with van der Waals surface area (Å²) in [5.41, 5.74) is 4.16. The number of hydrogen-bond acceptors (Lipinski definition) is 5. The highest BCUT2D eigenvalue weighted by molar-refractivity contribution is 8.24. The summed E-state index contributed by atoms with van der Waals surface area (Å²) in [5.74, 6) is 1.30. The maximum absolute atomic E-state index is 10.0. The van der Waals surface area contributed by atoms with Gasteiger partial charge >= 0.3 is 0 Å². The van der Waals surface area contributed by atoms with Crippen LogP contribution in [0.4, 0.5) is 0 Å². The largest absolute Gasteiger partial charge is 0.364 e. The Morgan fingerprint density at radius 3 is 2.31 bits per heavy atom. The summed E-state index contributed by atoms with van der Waals surface area (Å²) >= 11 is 18.9. The Bertz CT molecular complexity index is 1260. The molecule has 7 nitrogen and oxygen atoms in total. The molecule has 1 aliphatic heterocycles. The van der Waals surface area contributed by atoms with Gasteiger partial charge in [0.1, 0.15) is 5.69 Å². The van der Waals surface area contributed by atoms with E-state index in [2.05, 4.69) is 5.32 Å². The Morgan fingerprint density at radius 1 is 1.03 bits per heavy atom. The van der Waals surface area contributed by atoms with Crippen LogP contribution in [0, 0.1) is 6.92 Å². The Balaban J connectivity index is 1.63. The highest BCUT2D eigenvalue weighted by atomic mass is 35.5. The number of hydrazone groups is 1. The van der Waals surface area contributed by atoms with E-state index in [-0.39, 0.29) is 0 Å². The fourth-order valence-corrected chi connectivity index (χ4v) is 5.84. The number of halogens is 3. The van der Waals surface area contributed by atoms with Crippen molar-refractivity contribution in [3.8, 4) is 16.9 Å². The molecule has 0 bridgehead atoms. The van der Waals surface area contributed by atoms with Crippen molar-refractivity contribution in [2.75, 3.05) is 24.6 Å². The van der Waals surface area contributed by atoms with Gasteiger partial charge in [-0.05, 0) is 50.1 Å². The summed E-state index contributed by atoms with van der Waals surface area (Å²) in [6, 6.07) is 13.3. The molecule has 0 unspecified atom stereocenters. The van der Waals surface area contributed by atoms with Gasteiger partial charge in [-0.2, -0.15) is 20.8 Å². The third-order valence-electron chi connectivity index (χ3n) is 6.11. The van der Waals surface area contributed by atoms with Gasteiger partial charge in [0, 0.05) is 27.2 Å². The number of amidine groups is 1. The second-order valence-electron chi connectivity index (χ2n) is 8.87. The molecule has 0 atom stereocenters. The number of aromatic nitrogens is 2. The SMILES string of the molecule is Cc1c(C(=NN2CCS(O)(O)CC2)NC2CC2)nn(-c2ccc(Cl)cc2Cl)c1-c1ccc(Cl)cc1. The zero-order valence-electron chi connectivity index (χ0n) is 19.1. The molecule has 3 N–H and O–H groups in total. The van der Waals surface area contributed by atoms with Crippen LogP contribution in [0.5, 0.6) is 0 Å². The van der Waals surface area contributed by atoms with Crippen molar-refractivity contribution in [1.29, 1.82) is 0 Å². The van der Waals surface area contributed by atoms with Crippen molar-refractivity contribution in [2.45, 2.75) is 25.8 Å². The van der Waals surface area contributed by atoms with Crippen LogP contribution >= 0.6 is 45.4 Å². The zero-order chi connectivity index (χ0) is 24.7. The van der Waals surface area contributed by atoms with E-state index in [1.165, 1.54) is 0 Å². The number of benzene rings is 2. The van der Waals surface area contributed by atoms with Crippen LogP contribution in [-0.2, 0) is 0 Å². The molecule has 0 amide bonds. The average molecular weight is 555 g/mol. The van der Waals surface area contributed by atoms with Crippen LogP contribution in [0.1, 0.15) is 24.1 Å². The van der Waals surface area contributed by atoms with Crippen molar-refractivity contribution >= 4 is 51.2 Å². The van der Waals surface area contributed by atoms with Crippen molar-refractivity contribution in [2.24, 2.45) is 5.10 Å². The summed E-state index contributed by atoms with van der Waals surface area (Å²) in [7, 11) is -2.51. The lowest BCUT2D eigenvalue weighted by atomic mass is 10.1. The van der Waals surface area contributed by atoms with Gasteiger partial charge in [-0.1, -0.05) is 46.9 Å². The van der Waals surface area contributed by atoms with Crippen LogP contribution in [0.3, 0.4) is 0 Å². The predicted octanol–water partition coefficient (Wildman–Crippen LogP) is 6.29. The predicted molar refractivity (Wildman–Crippen MR) is 146 cm³/mol. The fraction of sp³-hybridized carbons (Fsp3) is 0.333. The first-order chi connectivity index (χ1) is 16.7. The lowest BCUT2D eigenvalue weighted by Crippen LogP contribution is -2.38. The van der Waals surface area contributed by atoms with Crippen LogP contribution < -0.4 is 5.32 Å². The fourth-order valence-electron chi connectivity index (χ4n) is 4.02. The molecule has 0 spiro atoms. The Hall–Kier alpha value is -1.94. The molecule has 11 heteroatoms. The van der Waals surface area contributed by atoms with Gasteiger partial charge in [-0.15, -0.1) is 0 Å². The van der Waals surface area contributed by atoms with Gasteiger partial charge in [0.05, 0.1) is 41.0 Å². The smallest absolute Gasteiger partial charge is 0.174 e. The van der Waals surface area contributed by atoms with Gasteiger partial charge in [0.2, 0.25) is 0 Å². The van der Waals surface area contributed by atoms with Crippen LogP contribution in [0.15, 0.2) is 47.6 Å². The van der Waals surface area contributed by atoms with Crippen molar-refractivity contribution < 1.29 is 9.11 Å². The van der Waals surface area contributed by atoms with Crippen LogP contribution in [0.25, 0.3) is 16.9 Å². The summed E-state index contributed by atoms with van der Waals surface area (Å²) in [6.45, 7) is 2.97. The van der Waals surface area contributed by atoms with Crippen LogP contribution in [-0.4, -0.2) is 60.4 Å². The molecule has 2 heterocycles. The van der Waals surface area contributed by atoms with E-state index >= 15 is 0 Å². The third kappa shape index (κ3) is 5.58. The summed E-state index contributed by atoms with van der Waals surface area (Å²) in [5, 5.41) is 17.0. The first-order valence-electron chi connectivity index (χ1n) is 11.4. The number of rotatable bonds is 5. The zero-order valence-corrected chi connectivity index (χ0v) is 22.2. The van der Waals surface area contributed by atoms with E-state index in [0.29, 0.717) is 62.9 Å².